The second-order valence-corrected chi connectivity index (χ2v) is 10.3. The highest BCUT2D eigenvalue weighted by Crippen LogP contribution is 2.36. The number of benzene rings is 2. The van der Waals surface area contributed by atoms with Crippen LogP contribution in [-0.4, -0.2) is 20.3 Å². The number of aryl methyl sites for hydroxylation is 1. The van der Waals surface area contributed by atoms with Crippen LogP contribution in [0, 0.1) is 18.7 Å². The van der Waals surface area contributed by atoms with Crippen molar-refractivity contribution in [1.82, 2.24) is 14.4 Å². The fraction of sp³-hybridized carbons (Fsp3) is 0.160. The van der Waals surface area contributed by atoms with Gasteiger partial charge in [-0.1, -0.05) is 35.2 Å². The van der Waals surface area contributed by atoms with Crippen molar-refractivity contribution in [3.63, 3.8) is 0 Å². The first-order valence-electron chi connectivity index (χ1n) is 10.7. The van der Waals surface area contributed by atoms with Gasteiger partial charge in [-0.15, -0.1) is 0 Å². The lowest BCUT2D eigenvalue weighted by molar-refractivity contribution is -0.117. The molecule has 1 saturated carbocycles. The molecule has 8 heteroatoms. The van der Waals surface area contributed by atoms with E-state index in [0.717, 1.165) is 49.8 Å². The number of thiazole rings is 1. The van der Waals surface area contributed by atoms with Crippen LogP contribution in [-0.2, 0) is 4.79 Å². The van der Waals surface area contributed by atoms with Crippen LogP contribution in [0.4, 0.5) is 9.52 Å². The Labute approximate surface area is 197 Å². The molecule has 1 fully saturated rings. The zero-order chi connectivity index (χ0) is 22.5. The SMILES string of the molecule is Cc1ccc(-c2ccc3ncc(Sc4ccc5nc(NC(=O)C6CC6)sc5c4)n3c2)cc1F. The molecule has 1 aliphatic rings. The Morgan fingerprint density at radius 1 is 1.15 bits per heavy atom. The molecule has 3 heterocycles. The Bertz CT molecular complexity index is 1540. The summed E-state index contributed by atoms with van der Waals surface area (Å²) in [6, 6.07) is 15.3. The Hall–Kier alpha value is -3.23. The molecule has 5 nitrogen and oxygen atoms in total. The zero-order valence-electron chi connectivity index (χ0n) is 17.7. The van der Waals surface area contributed by atoms with Crippen LogP contribution < -0.4 is 5.32 Å². The van der Waals surface area contributed by atoms with Crippen molar-refractivity contribution in [1.29, 1.82) is 0 Å². The van der Waals surface area contributed by atoms with Gasteiger partial charge in [0.2, 0.25) is 5.91 Å². The van der Waals surface area contributed by atoms with Gasteiger partial charge < -0.3 is 5.32 Å². The summed E-state index contributed by atoms with van der Waals surface area (Å²) >= 11 is 3.09. The highest BCUT2D eigenvalue weighted by Gasteiger charge is 2.30. The van der Waals surface area contributed by atoms with Crippen LogP contribution in [0.2, 0.25) is 0 Å². The fourth-order valence-electron chi connectivity index (χ4n) is 3.67. The van der Waals surface area contributed by atoms with Crippen molar-refractivity contribution in [3.05, 3.63) is 72.3 Å². The number of nitrogens with one attached hydrogen (secondary N) is 1. The molecule has 0 spiro atoms. The molecule has 1 N–H and O–H groups in total. The molecule has 164 valence electrons. The molecule has 0 unspecified atom stereocenters. The standard InChI is InChI=1S/C25H19FN4OS2/c1-14-2-3-16(10-19(14)26)17-6-9-22-27-12-23(30(22)13-17)32-18-7-8-20-21(11-18)33-25(28-20)29-24(31)15-4-5-15/h2-3,6-13,15H,4-5H2,1H3,(H,28,29,31). The van der Waals surface area contributed by atoms with Crippen molar-refractivity contribution in [2.45, 2.75) is 29.7 Å². The number of rotatable bonds is 5. The number of hydrogen-bond donors (Lipinski definition) is 1. The number of amides is 1. The van der Waals surface area contributed by atoms with Crippen LogP contribution in [0.3, 0.4) is 0 Å². The average Bonchev–Trinajstić information content (AvgIpc) is 3.49. The van der Waals surface area contributed by atoms with Gasteiger partial charge in [0.05, 0.1) is 16.4 Å². The first kappa shape index (κ1) is 20.4. The summed E-state index contributed by atoms with van der Waals surface area (Å²) in [5.41, 5.74) is 4.09. The van der Waals surface area contributed by atoms with E-state index in [1.807, 2.05) is 47.1 Å². The van der Waals surface area contributed by atoms with Crippen LogP contribution >= 0.6 is 23.1 Å². The molecule has 33 heavy (non-hydrogen) atoms. The maximum atomic E-state index is 14.1. The molecule has 1 aliphatic carbocycles. The number of anilines is 1. The molecule has 2 aromatic carbocycles. The fourth-order valence-corrected chi connectivity index (χ4v) is 5.56. The quantitative estimate of drug-likeness (QED) is 0.313. The summed E-state index contributed by atoms with van der Waals surface area (Å²) in [6.07, 6.45) is 5.78. The normalized spacial score (nSPS) is 13.6. The predicted octanol–water partition coefficient (Wildman–Crippen LogP) is 6.56. The Balaban J connectivity index is 1.29. The summed E-state index contributed by atoms with van der Waals surface area (Å²) in [4.78, 5) is 22.1. The van der Waals surface area contributed by atoms with Crippen molar-refractivity contribution in [2.24, 2.45) is 5.92 Å². The number of pyridine rings is 1. The summed E-state index contributed by atoms with van der Waals surface area (Å²) in [7, 11) is 0. The molecular formula is C25H19FN4OS2. The van der Waals surface area contributed by atoms with E-state index < -0.39 is 0 Å². The van der Waals surface area contributed by atoms with E-state index in [9.17, 15) is 9.18 Å². The number of fused-ring (bicyclic) bond motifs is 2. The third-order valence-electron chi connectivity index (χ3n) is 5.74. The van der Waals surface area contributed by atoms with Crippen LogP contribution in [0.15, 0.2) is 70.8 Å². The second-order valence-electron chi connectivity index (χ2n) is 8.22. The Morgan fingerprint density at radius 3 is 2.82 bits per heavy atom. The topological polar surface area (TPSA) is 59.3 Å². The second kappa shape index (κ2) is 7.97. The minimum atomic E-state index is -0.210. The van der Waals surface area contributed by atoms with E-state index in [4.69, 9.17) is 0 Å². The van der Waals surface area contributed by atoms with Crippen molar-refractivity contribution >= 4 is 50.0 Å². The third kappa shape index (κ3) is 4.00. The minimum Gasteiger partial charge on any atom is -0.302 e. The number of carbonyl (C=O) groups excluding carboxylic acids is 1. The van der Waals surface area contributed by atoms with E-state index in [1.165, 1.54) is 11.3 Å². The maximum absolute atomic E-state index is 14.1. The highest BCUT2D eigenvalue weighted by atomic mass is 32.2. The average molecular weight is 475 g/mol. The summed E-state index contributed by atoms with van der Waals surface area (Å²) in [6.45, 7) is 1.76. The molecule has 5 aromatic rings. The lowest BCUT2D eigenvalue weighted by Gasteiger charge is -2.07. The molecule has 0 aliphatic heterocycles. The third-order valence-corrected chi connectivity index (χ3v) is 7.67. The molecule has 6 rings (SSSR count). The first-order chi connectivity index (χ1) is 16.0. The molecule has 0 atom stereocenters. The molecule has 0 radical (unpaired) electrons. The van der Waals surface area contributed by atoms with Gasteiger partial charge in [0.15, 0.2) is 5.13 Å². The first-order valence-corrected chi connectivity index (χ1v) is 12.3. The van der Waals surface area contributed by atoms with Gasteiger partial charge in [0.25, 0.3) is 0 Å². The lowest BCUT2D eigenvalue weighted by Crippen LogP contribution is -2.12. The van der Waals surface area contributed by atoms with Crippen molar-refractivity contribution < 1.29 is 9.18 Å². The van der Waals surface area contributed by atoms with Gasteiger partial charge >= 0.3 is 0 Å². The van der Waals surface area contributed by atoms with Crippen LogP contribution in [0.5, 0.6) is 0 Å². The van der Waals surface area contributed by atoms with Gasteiger partial charge in [-0.25, -0.2) is 14.4 Å². The van der Waals surface area contributed by atoms with Gasteiger partial charge in [0, 0.05) is 17.0 Å². The number of imidazole rings is 1. The molecule has 1 amide bonds. The number of carbonyl (C=O) groups is 1. The Morgan fingerprint density at radius 2 is 2.00 bits per heavy atom. The zero-order valence-corrected chi connectivity index (χ0v) is 19.3. The van der Waals surface area contributed by atoms with Gasteiger partial charge in [-0.3, -0.25) is 9.20 Å². The summed E-state index contributed by atoms with van der Waals surface area (Å²) in [5.74, 6) is 0.0107. The number of hydrogen-bond acceptors (Lipinski definition) is 5. The van der Waals surface area contributed by atoms with Gasteiger partial charge in [-0.2, -0.15) is 0 Å². The van der Waals surface area contributed by atoms with E-state index in [-0.39, 0.29) is 17.6 Å². The van der Waals surface area contributed by atoms with Gasteiger partial charge in [0.1, 0.15) is 16.5 Å². The van der Waals surface area contributed by atoms with E-state index in [1.54, 1.807) is 30.8 Å². The summed E-state index contributed by atoms with van der Waals surface area (Å²) < 4.78 is 17.1. The number of nitrogens with zero attached hydrogens (tertiary/aromatic N) is 3. The van der Waals surface area contributed by atoms with Crippen LogP contribution in [0.25, 0.3) is 27.0 Å². The van der Waals surface area contributed by atoms with E-state index in [0.29, 0.717) is 10.7 Å². The van der Waals surface area contributed by atoms with E-state index >= 15 is 0 Å². The van der Waals surface area contributed by atoms with Crippen LogP contribution in [0.1, 0.15) is 18.4 Å². The van der Waals surface area contributed by atoms with Crippen molar-refractivity contribution in [2.75, 3.05) is 5.32 Å². The summed E-state index contributed by atoms with van der Waals surface area (Å²) in [5, 5.41) is 4.54. The smallest absolute Gasteiger partial charge is 0.229 e. The lowest BCUT2D eigenvalue weighted by atomic mass is 10.1. The minimum absolute atomic E-state index is 0.0682. The van der Waals surface area contributed by atoms with E-state index in [2.05, 4.69) is 21.4 Å². The van der Waals surface area contributed by atoms with Gasteiger partial charge in [-0.05, 0) is 72.9 Å². The highest BCUT2D eigenvalue weighted by molar-refractivity contribution is 7.99. The molecule has 3 aromatic heterocycles. The maximum Gasteiger partial charge on any atom is 0.229 e. The molecule has 0 bridgehead atoms. The monoisotopic (exact) mass is 474 g/mol. The number of halogens is 1. The van der Waals surface area contributed by atoms with Crippen molar-refractivity contribution in [3.8, 4) is 11.1 Å². The predicted molar refractivity (Wildman–Crippen MR) is 130 cm³/mol. The molecular weight excluding hydrogens is 455 g/mol. The Kier molecular flexibility index (Phi) is 4.92. The number of aromatic nitrogens is 3. The molecule has 0 saturated heterocycles. The largest absolute Gasteiger partial charge is 0.302 e.